The third-order valence-corrected chi connectivity index (χ3v) is 2.95. The fourth-order valence-corrected chi connectivity index (χ4v) is 2.08. The van der Waals surface area contributed by atoms with Gasteiger partial charge in [-0.2, -0.15) is 0 Å². The Labute approximate surface area is 108 Å². The van der Waals surface area contributed by atoms with Crippen molar-refractivity contribution in [2.75, 3.05) is 11.9 Å². The lowest BCUT2D eigenvalue weighted by molar-refractivity contribution is -0.111. The lowest BCUT2D eigenvalue weighted by Crippen LogP contribution is -2.25. The van der Waals surface area contributed by atoms with Gasteiger partial charge in [-0.05, 0) is 37.1 Å². The van der Waals surface area contributed by atoms with Crippen molar-refractivity contribution in [2.45, 2.75) is 19.9 Å². The van der Waals surface area contributed by atoms with Gasteiger partial charge in [-0.25, -0.2) is 0 Å². The van der Waals surface area contributed by atoms with E-state index in [9.17, 15) is 4.79 Å². The van der Waals surface area contributed by atoms with Crippen molar-refractivity contribution in [1.82, 2.24) is 5.32 Å². The molecule has 0 spiro atoms. The molecular formula is C15H18N2O. The lowest BCUT2D eigenvalue weighted by atomic mass is 9.99. The largest absolute Gasteiger partial charge is 0.322 e. The second-order valence-electron chi connectivity index (χ2n) is 4.24. The van der Waals surface area contributed by atoms with Crippen molar-refractivity contribution in [3.05, 3.63) is 53.6 Å². The highest BCUT2D eigenvalue weighted by Gasteiger charge is 2.12. The highest BCUT2D eigenvalue weighted by molar-refractivity contribution is 6.00. The van der Waals surface area contributed by atoms with E-state index in [4.69, 9.17) is 0 Å². The van der Waals surface area contributed by atoms with Crippen LogP contribution in [0, 0.1) is 0 Å². The SMILES string of the molecule is C/C=C/C=CC(=O)Nc1cccc2c1CCNC2. The van der Waals surface area contributed by atoms with Crippen LogP contribution in [0.15, 0.2) is 42.5 Å². The summed E-state index contributed by atoms with van der Waals surface area (Å²) in [5.74, 6) is -0.0833. The van der Waals surface area contributed by atoms with Crippen LogP contribution in [0.4, 0.5) is 5.69 Å². The summed E-state index contributed by atoms with van der Waals surface area (Å²) in [6, 6.07) is 6.05. The Morgan fingerprint density at radius 1 is 1.39 bits per heavy atom. The van der Waals surface area contributed by atoms with E-state index in [-0.39, 0.29) is 5.91 Å². The van der Waals surface area contributed by atoms with E-state index in [1.165, 1.54) is 11.1 Å². The molecule has 0 bridgehead atoms. The van der Waals surface area contributed by atoms with Crippen LogP contribution in [0.25, 0.3) is 0 Å². The molecule has 0 radical (unpaired) electrons. The zero-order valence-corrected chi connectivity index (χ0v) is 10.6. The van der Waals surface area contributed by atoms with Crippen molar-refractivity contribution in [3.8, 4) is 0 Å². The average molecular weight is 242 g/mol. The highest BCUT2D eigenvalue weighted by Crippen LogP contribution is 2.22. The Kier molecular flexibility index (Phi) is 4.31. The first kappa shape index (κ1) is 12.6. The minimum atomic E-state index is -0.0833. The predicted molar refractivity (Wildman–Crippen MR) is 74.4 cm³/mol. The molecule has 1 aliphatic rings. The second-order valence-corrected chi connectivity index (χ2v) is 4.24. The maximum absolute atomic E-state index is 11.7. The third-order valence-electron chi connectivity index (χ3n) is 2.95. The molecule has 2 N–H and O–H groups in total. The van der Waals surface area contributed by atoms with Crippen molar-refractivity contribution >= 4 is 11.6 Å². The smallest absolute Gasteiger partial charge is 0.248 e. The summed E-state index contributed by atoms with van der Waals surface area (Å²) in [4.78, 5) is 11.7. The Morgan fingerprint density at radius 3 is 3.11 bits per heavy atom. The van der Waals surface area contributed by atoms with Crippen molar-refractivity contribution in [2.24, 2.45) is 0 Å². The number of hydrogen-bond donors (Lipinski definition) is 2. The standard InChI is InChI=1S/C15H18N2O/c1-2-3-4-8-15(18)17-14-7-5-6-12-11-16-10-9-13(12)14/h2-8,16H,9-11H2,1H3,(H,17,18)/b3-2+,8-4?. The van der Waals surface area contributed by atoms with E-state index < -0.39 is 0 Å². The molecule has 1 amide bonds. The molecule has 0 unspecified atom stereocenters. The van der Waals surface area contributed by atoms with Crippen molar-refractivity contribution in [1.29, 1.82) is 0 Å². The predicted octanol–water partition coefficient (Wildman–Crippen LogP) is 2.40. The van der Waals surface area contributed by atoms with Gasteiger partial charge in [0.15, 0.2) is 0 Å². The second kappa shape index (κ2) is 6.17. The van der Waals surface area contributed by atoms with Crippen LogP contribution < -0.4 is 10.6 Å². The molecular weight excluding hydrogens is 224 g/mol. The zero-order chi connectivity index (χ0) is 12.8. The number of carbonyl (C=O) groups excluding carboxylic acids is 1. The van der Waals surface area contributed by atoms with Crippen LogP contribution in [0.1, 0.15) is 18.1 Å². The van der Waals surface area contributed by atoms with Crippen molar-refractivity contribution < 1.29 is 4.79 Å². The molecule has 0 aliphatic carbocycles. The van der Waals surface area contributed by atoms with E-state index >= 15 is 0 Å². The minimum absolute atomic E-state index is 0.0833. The molecule has 1 aliphatic heterocycles. The number of anilines is 1. The first-order valence-corrected chi connectivity index (χ1v) is 6.23. The van der Waals surface area contributed by atoms with Gasteiger partial charge in [0.2, 0.25) is 5.91 Å². The van der Waals surface area contributed by atoms with E-state index in [2.05, 4.69) is 16.7 Å². The third kappa shape index (κ3) is 3.08. The van der Waals surface area contributed by atoms with Gasteiger partial charge in [0.05, 0.1) is 0 Å². The minimum Gasteiger partial charge on any atom is -0.322 e. The number of amides is 1. The first-order chi connectivity index (χ1) is 8.81. The highest BCUT2D eigenvalue weighted by atomic mass is 16.1. The van der Waals surface area contributed by atoms with Gasteiger partial charge in [0.25, 0.3) is 0 Å². The molecule has 0 atom stereocenters. The molecule has 1 aromatic rings. The van der Waals surface area contributed by atoms with Crippen LogP contribution in [-0.2, 0) is 17.8 Å². The van der Waals surface area contributed by atoms with Crippen molar-refractivity contribution in [3.63, 3.8) is 0 Å². The molecule has 0 fully saturated rings. The van der Waals surface area contributed by atoms with Gasteiger partial charge in [0.1, 0.15) is 0 Å². The van der Waals surface area contributed by atoms with Crippen LogP contribution in [-0.4, -0.2) is 12.5 Å². The first-order valence-electron chi connectivity index (χ1n) is 6.23. The summed E-state index contributed by atoms with van der Waals surface area (Å²) in [6.07, 6.45) is 7.97. The maximum Gasteiger partial charge on any atom is 0.248 e. The summed E-state index contributed by atoms with van der Waals surface area (Å²) < 4.78 is 0. The summed E-state index contributed by atoms with van der Waals surface area (Å²) in [6.45, 7) is 3.77. The van der Waals surface area contributed by atoms with Gasteiger partial charge < -0.3 is 10.6 Å². The number of allylic oxidation sites excluding steroid dienone is 3. The Balaban J connectivity index is 2.12. The molecule has 1 aromatic carbocycles. The molecule has 18 heavy (non-hydrogen) atoms. The van der Waals surface area contributed by atoms with E-state index in [0.717, 1.165) is 25.2 Å². The fourth-order valence-electron chi connectivity index (χ4n) is 2.08. The van der Waals surface area contributed by atoms with Gasteiger partial charge in [-0.3, -0.25) is 4.79 Å². The summed E-state index contributed by atoms with van der Waals surface area (Å²) >= 11 is 0. The number of rotatable bonds is 3. The molecule has 3 heteroatoms. The van der Waals surface area contributed by atoms with E-state index in [0.29, 0.717) is 0 Å². The van der Waals surface area contributed by atoms with Gasteiger partial charge in [-0.1, -0.05) is 30.4 Å². The van der Waals surface area contributed by atoms with Gasteiger partial charge in [-0.15, -0.1) is 0 Å². The summed E-state index contributed by atoms with van der Waals surface area (Å²) in [5.41, 5.74) is 3.46. The zero-order valence-electron chi connectivity index (χ0n) is 10.6. The molecule has 3 nitrogen and oxygen atoms in total. The topological polar surface area (TPSA) is 41.1 Å². The molecule has 94 valence electrons. The van der Waals surface area contributed by atoms with Crippen LogP contribution in [0.3, 0.4) is 0 Å². The van der Waals surface area contributed by atoms with Gasteiger partial charge in [0, 0.05) is 18.3 Å². The number of benzene rings is 1. The number of hydrogen-bond acceptors (Lipinski definition) is 2. The maximum atomic E-state index is 11.7. The summed E-state index contributed by atoms with van der Waals surface area (Å²) in [5, 5.41) is 6.27. The normalized spacial score (nSPS) is 14.9. The van der Waals surface area contributed by atoms with Crippen LogP contribution >= 0.6 is 0 Å². The Morgan fingerprint density at radius 2 is 2.28 bits per heavy atom. The molecule has 0 saturated heterocycles. The number of nitrogens with one attached hydrogen (secondary N) is 2. The Bertz CT molecular complexity index is 489. The van der Waals surface area contributed by atoms with Crippen LogP contribution in [0.5, 0.6) is 0 Å². The van der Waals surface area contributed by atoms with Crippen LogP contribution in [0.2, 0.25) is 0 Å². The monoisotopic (exact) mass is 242 g/mol. The lowest BCUT2D eigenvalue weighted by Gasteiger charge is -2.20. The molecule has 2 rings (SSSR count). The number of fused-ring (bicyclic) bond motifs is 1. The quantitative estimate of drug-likeness (QED) is 0.631. The van der Waals surface area contributed by atoms with E-state index in [1.54, 1.807) is 12.2 Å². The molecule has 1 heterocycles. The Hall–Kier alpha value is -1.87. The number of carbonyl (C=O) groups is 1. The molecule has 0 aromatic heterocycles. The fraction of sp³-hybridized carbons (Fsp3) is 0.267. The molecule has 0 saturated carbocycles. The van der Waals surface area contributed by atoms with Gasteiger partial charge >= 0.3 is 0 Å². The average Bonchev–Trinajstić information content (AvgIpc) is 2.39. The summed E-state index contributed by atoms with van der Waals surface area (Å²) in [7, 11) is 0. The van der Waals surface area contributed by atoms with E-state index in [1.807, 2.05) is 31.2 Å².